The molecule has 0 saturated carbocycles. The highest BCUT2D eigenvalue weighted by Gasteiger charge is 2.16. The van der Waals surface area contributed by atoms with Crippen molar-refractivity contribution in [3.05, 3.63) is 29.6 Å². The van der Waals surface area contributed by atoms with Crippen LogP contribution in [-0.4, -0.2) is 23.7 Å². The Balaban J connectivity index is 1.99. The fourth-order valence-corrected chi connectivity index (χ4v) is 2.41. The van der Waals surface area contributed by atoms with E-state index in [1.165, 1.54) is 11.3 Å². The van der Waals surface area contributed by atoms with Crippen LogP contribution < -0.4 is 10.5 Å². The van der Waals surface area contributed by atoms with Gasteiger partial charge in [-0.1, -0.05) is 25.5 Å². The average Bonchev–Trinajstić information content (AvgIpc) is 2.94. The lowest BCUT2D eigenvalue weighted by Crippen LogP contribution is -2.26. The zero-order chi connectivity index (χ0) is 15.9. The number of esters is 1. The van der Waals surface area contributed by atoms with E-state index in [9.17, 15) is 4.79 Å². The fourth-order valence-electron chi connectivity index (χ4n) is 1.84. The summed E-state index contributed by atoms with van der Waals surface area (Å²) in [5, 5.41) is 2.41. The van der Waals surface area contributed by atoms with Gasteiger partial charge in [0.15, 0.2) is 11.2 Å². The Hall–Kier alpha value is -2.08. The summed E-state index contributed by atoms with van der Waals surface area (Å²) in [7, 11) is 0. The van der Waals surface area contributed by atoms with Gasteiger partial charge in [-0.3, -0.25) is 0 Å². The van der Waals surface area contributed by atoms with Gasteiger partial charge in [0.25, 0.3) is 0 Å². The number of nitrogens with two attached hydrogens (primary N) is 1. The number of carbonyl (C=O) groups is 1. The van der Waals surface area contributed by atoms with E-state index in [-0.39, 0.29) is 5.97 Å². The summed E-state index contributed by atoms with van der Waals surface area (Å²) in [6.07, 6.45) is 1.20. The molecule has 0 aliphatic rings. The Morgan fingerprint density at radius 1 is 1.45 bits per heavy atom. The van der Waals surface area contributed by atoms with E-state index in [1.807, 2.05) is 30.5 Å². The van der Waals surface area contributed by atoms with Crippen molar-refractivity contribution in [1.29, 1.82) is 0 Å². The zero-order valence-corrected chi connectivity index (χ0v) is 13.6. The highest BCUT2D eigenvalue weighted by molar-refractivity contribution is 7.13. The first-order chi connectivity index (χ1) is 10.6. The summed E-state index contributed by atoms with van der Waals surface area (Å²) < 4.78 is 10.8. The highest BCUT2D eigenvalue weighted by Crippen LogP contribution is 2.26. The van der Waals surface area contributed by atoms with Crippen LogP contribution in [0.2, 0.25) is 0 Å². The number of benzene rings is 1. The number of nitrogens with zero attached hydrogens (tertiary/aromatic N) is 1. The largest absolute Gasteiger partial charge is 0.479 e. The quantitative estimate of drug-likeness (QED) is 0.624. The molecule has 0 radical (unpaired) electrons. The molecule has 0 aliphatic heterocycles. The van der Waals surface area contributed by atoms with Crippen LogP contribution in [0, 0.1) is 0 Å². The van der Waals surface area contributed by atoms with Crippen molar-refractivity contribution in [2.75, 3.05) is 12.3 Å². The number of carbonyl (C=O) groups excluding carboxylic acids is 1. The molecule has 5 nitrogen and oxygen atoms in total. The summed E-state index contributed by atoms with van der Waals surface area (Å²) in [6.45, 7) is 4.16. The van der Waals surface area contributed by atoms with Crippen molar-refractivity contribution in [3.63, 3.8) is 0 Å². The van der Waals surface area contributed by atoms with Gasteiger partial charge in [0.2, 0.25) is 0 Å². The molecule has 6 heteroatoms. The van der Waals surface area contributed by atoms with Crippen molar-refractivity contribution in [1.82, 2.24) is 4.98 Å². The monoisotopic (exact) mass is 320 g/mol. The molecule has 0 aliphatic carbocycles. The third-order valence-electron chi connectivity index (χ3n) is 3.04. The van der Waals surface area contributed by atoms with E-state index < -0.39 is 6.10 Å². The standard InChI is InChI=1S/C16H20N2O3S/c1-3-4-8-20-15(19)11(2)21-13-7-5-6-12(9-13)14-10-22-16(17)18-14/h5-7,9-11H,3-4,8H2,1-2H3,(H2,17,18). The zero-order valence-electron chi connectivity index (χ0n) is 12.7. The third-order valence-corrected chi connectivity index (χ3v) is 3.71. The summed E-state index contributed by atoms with van der Waals surface area (Å²) in [5.41, 5.74) is 7.34. The maximum Gasteiger partial charge on any atom is 0.347 e. The number of aromatic nitrogens is 1. The minimum atomic E-state index is -0.646. The van der Waals surface area contributed by atoms with Crippen LogP contribution in [-0.2, 0) is 9.53 Å². The van der Waals surface area contributed by atoms with Gasteiger partial charge in [-0.15, -0.1) is 11.3 Å². The van der Waals surface area contributed by atoms with Crippen LogP contribution >= 0.6 is 11.3 Å². The van der Waals surface area contributed by atoms with Crippen molar-refractivity contribution < 1.29 is 14.3 Å². The van der Waals surface area contributed by atoms with Gasteiger partial charge >= 0.3 is 5.97 Å². The van der Waals surface area contributed by atoms with Crippen LogP contribution in [0.1, 0.15) is 26.7 Å². The van der Waals surface area contributed by atoms with Crippen molar-refractivity contribution in [2.45, 2.75) is 32.8 Å². The topological polar surface area (TPSA) is 74.4 Å². The first-order valence-electron chi connectivity index (χ1n) is 7.25. The number of ether oxygens (including phenoxy) is 2. The number of hydrogen-bond acceptors (Lipinski definition) is 6. The highest BCUT2D eigenvalue weighted by atomic mass is 32.1. The molecule has 22 heavy (non-hydrogen) atoms. The van der Waals surface area contributed by atoms with Crippen molar-refractivity contribution in [2.24, 2.45) is 0 Å². The minimum absolute atomic E-state index is 0.350. The molecule has 118 valence electrons. The van der Waals surface area contributed by atoms with E-state index >= 15 is 0 Å². The molecular formula is C16H20N2O3S. The maximum atomic E-state index is 11.8. The Kier molecular flexibility index (Phi) is 5.77. The van der Waals surface area contributed by atoms with Crippen LogP contribution in [0.15, 0.2) is 29.6 Å². The molecule has 1 aromatic heterocycles. The second kappa shape index (κ2) is 7.79. The molecule has 2 rings (SSSR count). The molecule has 1 atom stereocenters. The minimum Gasteiger partial charge on any atom is -0.479 e. The van der Waals surface area contributed by atoms with Gasteiger partial charge in [-0.05, 0) is 25.5 Å². The van der Waals surface area contributed by atoms with Gasteiger partial charge in [0.05, 0.1) is 12.3 Å². The lowest BCUT2D eigenvalue weighted by molar-refractivity contribution is -0.151. The van der Waals surface area contributed by atoms with Crippen LogP contribution in [0.5, 0.6) is 5.75 Å². The summed E-state index contributed by atoms with van der Waals surface area (Å²) in [5.74, 6) is 0.251. The molecule has 1 aromatic carbocycles. The lowest BCUT2D eigenvalue weighted by atomic mass is 10.1. The van der Waals surface area contributed by atoms with Gasteiger partial charge in [-0.25, -0.2) is 9.78 Å². The second-order valence-electron chi connectivity index (χ2n) is 4.88. The maximum absolute atomic E-state index is 11.8. The molecule has 1 heterocycles. The van der Waals surface area contributed by atoms with Crippen LogP contribution in [0.25, 0.3) is 11.3 Å². The Morgan fingerprint density at radius 2 is 2.27 bits per heavy atom. The lowest BCUT2D eigenvalue weighted by Gasteiger charge is -2.14. The first-order valence-corrected chi connectivity index (χ1v) is 8.13. The van der Waals surface area contributed by atoms with Gasteiger partial charge in [0, 0.05) is 10.9 Å². The smallest absolute Gasteiger partial charge is 0.347 e. The SMILES string of the molecule is CCCCOC(=O)C(C)Oc1cccc(-c2csc(N)n2)c1. The molecular weight excluding hydrogens is 300 g/mol. The second-order valence-corrected chi connectivity index (χ2v) is 5.77. The predicted octanol–water partition coefficient (Wildman–Crippen LogP) is 3.50. The molecule has 1 unspecified atom stereocenters. The number of hydrogen-bond donors (Lipinski definition) is 1. The fraction of sp³-hybridized carbons (Fsp3) is 0.375. The van der Waals surface area contributed by atoms with E-state index in [2.05, 4.69) is 4.98 Å². The average molecular weight is 320 g/mol. The molecule has 0 saturated heterocycles. The number of thiazole rings is 1. The Labute approximate surface area is 134 Å². The molecule has 0 spiro atoms. The summed E-state index contributed by atoms with van der Waals surface area (Å²) in [4.78, 5) is 16.0. The van der Waals surface area contributed by atoms with Crippen molar-refractivity contribution in [3.8, 4) is 17.0 Å². The van der Waals surface area contributed by atoms with Gasteiger partial charge < -0.3 is 15.2 Å². The molecule has 0 fully saturated rings. The Bertz CT molecular complexity index is 627. The van der Waals surface area contributed by atoms with E-state index in [4.69, 9.17) is 15.2 Å². The first kappa shape index (κ1) is 16.3. The number of rotatable bonds is 7. The van der Waals surface area contributed by atoms with Crippen molar-refractivity contribution >= 4 is 22.4 Å². The van der Waals surface area contributed by atoms with E-state index in [1.54, 1.807) is 13.0 Å². The molecule has 0 bridgehead atoms. The predicted molar refractivity (Wildman–Crippen MR) is 87.9 cm³/mol. The summed E-state index contributed by atoms with van der Waals surface area (Å²) >= 11 is 1.39. The third kappa shape index (κ3) is 4.46. The van der Waals surface area contributed by atoms with Gasteiger partial charge in [-0.2, -0.15) is 0 Å². The summed E-state index contributed by atoms with van der Waals surface area (Å²) in [6, 6.07) is 7.42. The van der Waals surface area contributed by atoms with E-state index in [0.29, 0.717) is 17.5 Å². The van der Waals surface area contributed by atoms with Crippen LogP contribution in [0.4, 0.5) is 5.13 Å². The number of anilines is 1. The van der Waals surface area contributed by atoms with Crippen LogP contribution in [0.3, 0.4) is 0 Å². The number of unbranched alkanes of at least 4 members (excludes halogenated alkanes) is 1. The molecule has 2 N–H and O–H groups in total. The molecule has 2 aromatic rings. The Morgan fingerprint density at radius 3 is 2.95 bits per heavy atom. The normalized spacial score (nSPS) is 11.9. The molecule has 0 amide bonds. The van der Waals surface area contributed by atoms with E-state index in [0.717, 1.165) is 24.1 Å². The number of nitrogen functional groups attached to an aromatic ring is 1. The van der Waals surface area contributed by atoms with Gasteiger partial charge in [0.1, 0.15) is 5.75 Å².